The first kappa shape index (κ1) is 16.3. The molecule has 1 atom stereocenters. The summed E-state index contributed by atoms with van der Waals surface area (Å²) >= 11 is 1.59. The third-order valence-electron chi connectivity index (χ3n) is 4.82. The molecule has 5 nitrogen and oxygen atoms in total. The minimum absolute atomic E-state index is 0.0346. The third-order valence-corrected chi connectivity index (χ3v) is 5.76. The van der Waals surface area contributed by atoms with Crippen molar-refractivity contribution in [3.8, 4) is 10.6 Å². The maximum absolute atomic E-state index is 12.5. The van der Waals surface area contributed by atoms with Gasteiger partial charge >= 0.3 is 0 Å². The van der Waals surface area contributed by atoms with Crippen LogP contribution in [0.25, 0.3) is 10.6 Å². The van der Waals surface area contributed by atoms with Gasteiger partial charge in [-0.05, 0) is 19.3 Å². The van der Waals surface area contributed by atoms with E-state index in [9.17, 15) is 9.59 Å². The Hall–Kier alpha value is -2.21. The molecule has 1 aromatic carbocycles. The zero-order chi connectivity index (χ0) is 17.2. The average molecular weight is 355 g/mol. The minimum atomic E-state index is -0.0921. The molecule has 2 aromatic rings. The van der Waals surface area contributed by atoms with Gasteiger partial charge in [-0.2, -0.15) is 0 Å². The van der Waals surface area contributed by atoms with Crippen molar-refractivity contribution < 1.29 is 9.59 Å². The van der Waals surface area contributed by atoms with Crippen LogP contribution in [0, 0.1) is 5.92 Å². The van der Waals surface area contributed by atoms with Gasteiger partial charge in [0.2, 0.25) is 11.8 Å². The number of carbonyl (C=O) groups is 2. The topological polar surface area (TPSA) is 62.3 Å². The van der Waals surface area contributed by atoms with E-state index in [0.717, 1.165) is 29.1 Å². The quantitative estimate of drug-likeness (QED) is 0.897. The molecule has 25 heavy (non-hydrogen) atoms. The van der Waals surface area contributed by atoms with Crippen LogP contribution in [0.3, 0.4) is 0 Å². The molecule has 130 valence electrons. The van der Waals surface area contributed by atoms with Crippen molar-refractivity contribution in [3.05, 3.63) is 41.4 Å². The summed E-state index contributed by atoms with van der Waals surface area (Å²) in [5.74, 6) is 0.150. The number of amides is 2. The summed E-state index contributed by atoms with van der Waals surface area (Å²) < 4.78 is 0. The average Bonchev–Trinajstić information content (AvgIpc) is 3.38. The molecule has 0 unspecified atom stereocenters. The second-order valence-corrected chi connectivity index (χ2v) is 7.60. The maximum Gasteiger partial charge on any atom is 0.225 e. The monoisotopic (exact) mass is 355 g/mol. The first-order valence-corrected chi connectivity index (χ1v) is 9.65. The standard InChI is InChI=1S/C19H21N3O2S/c23-17-9-6-14(11-22(17)16-7-8-16)18(24)20-10-15-12-25-19(21-15)13-4-2-1-3-5-13/h1-5,12,14,16H,6-11H2,(H,20,24)/t14-/m0/s1. The molecular weight excluding hydrogens is 334 g/mol. The van der Waals surface area contributed by atoms with Gasteiger partial charge < -0.3 is 10.2 Å². The lowest BCUT2D eigenvalue weighted by Gasteiger charge is -2.32. The summed E-state index contributed by atoms with van der Waals surface area (Å²) in [5.41, 5.74) is 1.97. The Morgan fingerprint density at radius 1 is 1.24 bits per heavy atom. The number of hydrogen-bond donors (Lipinski definition) is 1. The number of hydrogen-bond acceptors (Lipinski definition) is 4. The summed E-state index contributed by atoms with van der Waals surface area (Å²) in [4.78, 5) is 30.9. The van der Waals surface area contributed by atoms with E-state index in [-0.39, 0.29) is 17.7 Å². The number of likely N-dealkylation sites (tertiary alicyclic amines) is 1. The first-order valence-electron chi connectivity index (χ1n) is 8.78. The van der Waals surface area contributed by atoms with Gasteiger partial charge in [0.1, 0.15) is 5.01 Å². The summed E-state index contributed by atoms with van der Waals surface area (Å²) in [5, 5.41) is 5.95. The van der Waals surface area contributed by atoms with E-state index < -0.39 is 0 Å². The summed E-state index contributed by atoms with van der Waals surface area (Å²) in [6, 6.07) is 10.4. The highest BCUT2D eigenvalue weighted by atomic mass is 32.1. The minimum Gasteiger partial charge on any atom is -0.350 e. The van der Waals surface area contributed by atoms with Crippen LogP contribution in [-0.2, 0) is 16.1 Å². The molecule has 2 heterocycles. The van der Waals surface area contributed by atoms with Crippen molar-refractivity contribution in [2.75, 3.05) is 6.54 Å². The van der Waals surface area contributed by atoms with E-state index >= 15 is 0 Å². The van der Waals surface area contributed by atoms with Crippen LogP contribution in [0.4, 0.5) is 0 Å². The Labute approximate surface area is 151 Å². The van der Waals surface area contributed by atoms with Crippen molar-refractivity contribution >= 4 is 23.2 Å². The number of carbonyl (C=O) groups excluding carboxylic acids is 2. The van der Waals surface area contributed by atoms with Gasteiger partial charge in [0, 0.05) is 30.0 Å². The molecule has 1 saturated carbocycles. The Morgan fingerprint density at radius 2 is 2.04 bits per heavy atom. The van der Waals surface area contributed by atoms with Crippen LogP contribution < -0.4 is 5.32 Å². The summed E-state index contributed by atoms with van der Waals surface area (Å²) in [7, 11) is 0. The second kappa shape index (κ2) is 6.96. The third kappa shape index (κ3) is 3.74. The number of nitrogens with one attached hydrogen (secondary N) is 1. The molecule has 2 fully saturated rings. The molecule has 1 aliphatic heterocycles. The molecule has 1 saturated heterocycles. The summed E-state index contributed by atoms with van der Waals surface area (Å²) in [6.45, 7) is 1.01. The summed E-state index contributed by atoms with van der Waals surface area (Å²) in [6.07, 6.45) is 3.31. The Morgan fingerprint density at radius 3 is 2.80 bits per heavy atom. The molecule has 1 aliphatic carbocycles. The number of piperidine rings is 1. The largest absolute Gasteiger partial charge is 0.350 e. The molecule has 0 spiro atoms. The van der Waals surface area contributed by atoms with Gasteiger partial charge in [-0.15, -0.1) is 11.3 Å². The van der Waals surface area contributed by atoms with Crippen molar-refractivity contribution in [2.24, 2.45) is 5.92 Å². The molecule has 1 aromatic heterocycles. The van der Waals surface area contributed by atoms with Crippen molar-refractivity contribution in [1.82, 2.24) is 15.2 Å². The maximum atomic E-state index is 12.5. The molecule has 2 aliphatic rings. The van der Waals surface area contributed by atoms with Gasteiger partial charge in [0.15, 0.2) is 0 Å². The van der Waals surface area contributed by atoms with E-state index in [0.29, 0.717) is 32.0 Å². The van der Waals surface area contributed by atoms with Crippen LogP contribution in [0.15, 0.2) is 35.7 Å². The zero-order valence-electron chi connectivity index (χ0n) is 14.0. The van der Waals surface area contributed by atoms with Gasteiger partial charge in [-0.1, -0.05) is 30.3 Å². The van der Waals surface area contributed by atoms with Crippen molar-refractivity contribution in [1.29, 1.82) is 0 Å². The normalized spacial score (nSPS) is 20.6. The molecule has 4 rings (SSSR count). The fraction of sp³-hybridized carbons (Fsp3) is 0.421. The predicted octanol–water partition coefficient (Wildman–Crippen LogP) is 2.83. The van der Waals surface area contributed by atoms with E-state index in [4.69, 9.17) is 0 Å². The van der Waals surface area contributed by atoms with E-state index in [1.54, 1.807) is 11.3 Å². The highest BCUT2D eigenvalue weighted by Gasteiger charge is 2.38. The molecule has 0 radical (unpaired) electrons. The van der Waals surface area contributed by atoms with Crippen molar-refractivity contribution in [2.45, 2.75) is 38.3 Å². The van der Waals surface area contributed by atoms with Gasteiger partial charge in [0.25, 0.3) is 0 Å². The van der Waals surface area contributed by atoms with Gasteiger partial charge in [-0.3, -0.25) is 9.59 Å². The van der Waals surface area contributed by atoms with Crippen LogP contribution in [0.5, 0.6) is 0 Å². The Kier molecular flexibility index (Phi) is 4.53. The molecule has 2 amide bonds. The van der Waals surface area contributed by atoms with E-state index in [1.807, 2.05) is 40.6 Å². The SMILES string of the molecule is O=C(NCc1csc(-c2ccccc2)n1)[C@H]1CCC(=O)N(C2CC2)C1. The fourth-order valence-corrected chi connectivity index (χ4v) is 4.07. The number of thiazole rings is 1. The first-order chi connectivity index (χ1) is 12.2. The van der Waals surface area contributed by atoms with Crippen molar-refractivity contribution in [3.63, 3.8) is 0 Å². The van der Waals surface area contributed by atoms with Crippen LogP contribution >= 0.6 is 11.3 Å². The van der Waals surface area contributed by atoms with E-state index in [2.05, 4.69) is 10.3 Å². The van der Waals surface area contributed by atoms with Gasteiger partial charge in [0.05, 0.1) is 18.2 Å². The lowest BCUT2D eigenvalue weighted by molar-refractivity contribution is -0.138. The predicted molar refractivity (Wildman–Crippen MR) is 96.9 cm³/mol. The number of nitrogens with zero attached hydrogens (tertiary/aromatic N) is 2. The molecule has 1 N–H and O–H groups in total. The highest BCUT2D eigenvalue weighted by Crippen LogP contribution is 2.31. The highest BCUT2D eigenvalue weighted by molar-refractivity contribution is 7.13. The van der Waals surface area contributed by atoms with Crippen LogP contribution in [-0.4, -0.2) is 34.3 Å². The van der Waals surface area contributed by atoms with E-state index in [1.165, 1.54) is 0 Å². The Bertz CT molecular complexity index is 770. The second-order valence-electron chi connectivity index (χ2n) is 6.74. The Balaban J connectivity index is 1.33. The number of aromatic nitrogens is 1. The van der Waals surface area contributed by atoms with Crippen LogP contribution in [0.2, 0.25) is 0 Å². The molecule has 0 bridgehead atoms. The number of benzene rings is 1. The lowest BCUT2D eigenvalue weighted by Crippen LogP contribution is -2.46. The van der Waals surface area contributed by atoms with Crippen LogP contribution in [0.1, 0.15) is 31.4 Å². The smallest absolute Gasteiger partial charge is 0.225 e. The van der Waals surface area contributed by atoms with Gasteiger partial charge in [-0.25, -0.2) is 4.98 Å². The molecular formula is C19H21N3O2S. The molecule has 6 heteroatoms. The fourth-order valence-electron chi connectivity index (χ4n) is 3.25. The number of rotatable bonds is 5. The zero-order valence-corrected chi connectivity index (χ0v) is 14.8. The lowest BCUT2D eigenvalue weighted by atomic mass is 9.96.